The summed E-state index contributed by atoms with van der Waals surface area (Å²) >= 11 is 3.44. The fourth-order valence-electron chi connectivity index (χ4n) is 1.85. The highest BCUT2D eigenvalue weighted by atomic mass is 79.9. The molecule has 5 heteroatoms. The van der Waals surface area contributed by atoms with Gasteiger partial charge in [0.1, 0.15) is 17.5 Å². The van der Waals surface area contributed by atoms with Gasteiger partial charge >= 0.3 is 0 Å². The van der Waals surface area contributed by atoms with Crippen molar-refractivity contribution in [1.82, 2.24) is 9.97 Å². The van der Waals surface area contributed by atoms with Gasteiger partial charge in [-0.25, -0.2) is 9.97 Å². The molecule has 0 aliphatic rings. The van der Waals surface area contributed by atoms with Crippen LogP contribution in [-0.2, 0) is 13.0 Å². The van der Waals surface area contributed by atoms with Crippen molar-refractivity contribution in [3.05, 3.63) is 46.2 Å². The quantitative estimate of drug-likeness (QED) is 0.842. The highest BCUT2D eigenvalue weighted by Gasteiger charge is 2.03. The maximum absolute atomic E-state index is 4.53. The topological polar surface area (TPSA) is 49.8 Å². The summed E-state index contributed by atoms with van der Waals surface area (Å²) in [6.07, 6.45) is 1.93. The van der Waals surface area contributed by atoms with Crippen LogP contribution in [0.2, 0.25) is 0 Å². The normalized spacial score (nSPS) is 10.3. The van der Waals surface area contributed by atoms with Crippen LogP contribution in [0.25, 0.3) is 0 Å². The van der Waals surface area contributed by atoms with Gasteiger partial charge in [-0.05, 0) is 24.1 Å². The molecule has 0 bridgehead atoms. The van der Waals surface area contributed by atoms with Gasteiger partial charge in [-0.1, -0.05) is 35.0 Å². The van der Waals surface area contributed by atoms with Crippen LogP contribution >= 0.6 is 15.9 Å². The van der Waals surface area contributed by atoms with Gasteiger partial charge in [-0.15, -0.1) is 0 Å². The molecular weight excluding hydrogens is 316 g/mol. The molecule has 0 spiro atoms. The third kappa shape index (κ3) is 4.20. The zero-order valence-electron chi connectivity index (χ0n) is 11.8. The lowest BCUT2D eigenvalue weighted by atomic mass is 10.2. The summed E-state index contributed by atoms with van der Waals surface area (Å²) in [7, 11) is 1.87. The van der Waals surface area contributed by atoms with Crippen molar-refractivity contribution in [3.8, 4) is 0 Å². The molecule has 0 fully saturated rings. The second-order valence-corrected chi connectivity index (χ2v) is 5.45. The highest BCUT2D eigenvalue weighted by molar-refractivity contribution is 9.10. The zero-order chi connectivity index (χ0) is 14.4. The second-order valence-electron chi connectivity index (χ2n) is 4.53. The van der Waals surface area contributed by atoms with E-state index in [9.17, 15) is 0 Å². The Bertz CT molecular complexity index is 554. The Balaban J connectivity index is 2.07. The molecule has 2 N–H and O–H groups in total. The van der Waals surface area contributed by atoms with Crippen molar-refractivity contribution in [3.63, 3.8) is 0 Å². The molecule has 1 aromatic heterocycles. The summed E-state index contributed by atoms with van der Waals surface area (Å²) < 4.78 is 1.09. The lowest BCUT2D eigenvalue weighted by Gasteiger charge is -2.09. The molecule has 0 unspecified atom stereocenters. The Morgan fingerprint density at radius 2 is 1.80 bits per heavy atom. The fraction of sp³-hybridized carbons (Fsp3) is 0.333. The van der Waals surface area contributed by atoms with Crippen molar-refractivity contribution in [2.75, 3.05) is 17.7 Å². The van der Waals surface area contributed by atoms with E-state index >= 15 is 0 Å². The molecule has 2 rings (SSSR count). The summed E-state index contributed by atoms with van der Waals surface area (Å²) in [5.41, 5.74) is 1.22. The van der Waals surface area contributed by atoms with E-state index in [0.29, 0.717) is 0 Å². The van der Waals surface area contributed by atoms with Gasteiger partial charge in [0.25, 0.3) is 0 Å². The van der Waals surface area contributed by atoms with Crippen molar-refractivity contribution >= 4 is 27.6 Å². The van der Waals surface area contributed by atoms with E-state index in [0.717, 1.165) is 41.3 Å². The Hall–Kier alpha value is -1.62. The SMILES string of the molecule is CCCc1nc(NC)cc(NCc2ccc(Br)cc2)n1. The molecule has 0 amide bonds. The van der Waals surface area contributed by atoms with Crippen LogP contribution in [0.5, 0.6) is 0 Å². The Morgan fingerprint density at radius 3 is 2.45 bits per heavy atom. The Morgan fingerprint density at radius 1 is 1.10 bits per heavy atom. The number of hydrogen-bond acceptors (Lipinski definition) is 4. The minimum absolute atomic E-state index is 0.749. The zero-order valence-corrected chi connectivity index (χ0v) is 13.4. The summed E-state index contributed by atoms with van der Waals surface area (Å²) in [6, 6.07) is 10.2. The van der Waals surface area contributed by atoms with Gasteiger partial charge in [0, 0.05) is 30.6 Å². The van der Waals surface area contributed by atoms with Gasteiger partial charge < -0.3 is 10.6 Å². The number of hydrogen-bond donors (Lipinski definition) is 2. The standard InChI is InChI=1S/C15H19BrN4/c1-3-4-13-19-14(17-2)9-15(20-13)18-10-11-5-7-12(16)8-6-11/h5-9H,3-4,10H2,1-2H3,(H2,17,18,19,20). The molecule has 0 atom stereocenters. The summed E-state index contributed by atoms with van der Waals surface area (Å²) in [5.74, 6) is 2.58. The number of aryl methyl sites for hydroxylation is 1. The monoisotopic (exact) mass is 334 g/mol. The number of nitrogens with one attached hydrogen (secondary N) is 2. The van der Waals surface area contributed by atoms with E-state index in [2.05, 4.69) is 55.6 Å². The first kappa shape index (κ1) is 14.8. The van der Waals surface area contributed by atoms with Crippen LogP contribution in [0, 0.1) is 0 Å². The van der Waals surface area contributed by atoms with Crippen LogP contribution in [0.4, 0.5) is 11.6 Å². The van der Waals surface area contributed by atoms with E-state index in [1.54, 1.807) is 0 Å². The average molecular weight is 335 g/mol. The van der Waals surface area contributed by atoms with E-state index in [-0.39, 0.29) is 0 Å². The fourth-order valence-corrected chi connectivity index (χ4v) is 2.11. The minimum atomic E-state index is 0.749. The largest absolute Gasteiger partial charge is 0.373 e. The third-order valence-electron chi connectivity index (χ3n) is 2.89. The molecule has 1 heterocycles. The van der Waals surface area contributed by atoms with Gasteiger partial charge in [0.15, 0.2) is 0 Å². The summed E-state index contributed by atoms with van der Waals surface area (Å²) in [6.45, 7) is 2.88. The Kier molecular flexibility index (Phi) is 5.35. The third-order valence-corrected chi connectivity index (χ3v) is 3.42. The Labute approximate surface area is 128 Å². The van der Waals surface area contributed by atoms with Crippen LogP contribution in [-0.4, -0.2) is 17.0 Å². The average Bonchev–Trinajstić information content (AvgIpc) is 2.47. The van der Waals surface area contributed by atoms with Crippen molar-refractivity contribution in [1.29, 1.82) is 0 Å². The van der Waals surface area contributed by atoms with E-state index in [1.165, 1.54) is 5.56 Å². The van der Waals surface area contributed by atoms with E-state index in [4.69, 9.17) is 0 Å². The van der Waals surface area contributed by atoms with Gasteiger partial charge in [-0.3, -0.25) is 0 Å². The van der Waals surface area contributed by atoms with Crippen LogP contribution in [0.3, 0.4) is 0 Å². The first-order valence-corrected chi connectivity index (χ1v) is 7.54. The van der Waals surface area contributed by atoms with E-state index in [1.807, 2.05) is 25.2 Å². The highest BCUT2D eigenvalue weighted by Crippen LogP contribution is 2.15. The maximum atomic E-state index is 4.53. The summed E-state index contributed by atoms with van der Waals surface area (Å²) in [5, 5.41) is 6.42. The first-order valence-electron chi connectivity index (χ1n) is 6.75. The molecule has 20 heavy (non-hydrogen) atoms. The van der Waals surface area contributed by atoms with Gasteiger partial charge in [-0.2, -0.15) is 0 Å². The number of aromatic nitrogens is 2. The van der Waals surface area contributed by atoms with Crippen LogP contribution < -0.4 is 10.6 Å². The number of benzene rings is 1. The second kappa shape index (κ2) is 7.24. The van der Waals surface area contributed by atoms with Gasteiger partial charge in [0.05, 0.1) is 0 Å². The van der Waals surface area contributed by atoms with Crippen LogP contribution in [0.15, 0.2) is 34.8 Å². The number of rotatable bonds is 6. The predicted molar refractivity (Wildman–Crippen MR) is 87.0 cm³/mol. The molecule has 106 valence electrons. The molecule has 0 aliphatic heterocycles. The molecule has 0 aliphatic carbocycles. The summed E-state index contributed by atoms with van der Waals surface area (Å²) in [4.78, 5) is 8.97. The van der Waals surface area contributed by atoms with Gasteiger partial charge in [0.2, 0.25) is 0 Å². The van der Waals surface area contributed by atoms with Crippen molar-refractivity contribution in [2.45, 2.75) is 26.3 Å². The molecule has 2 aromatic rings. The minimum Gasteiger partial charge on any atom is -0.373 e. The first-order chi connectivity index (χ1) is 9.71. The molecule has 0 saturated heterocycles. The molecule has 4 nitrogen and oxygen atoms in total. The molecule has 1 aromatic carbocycles. The van der Waals surface area contributed by atoms with Crippen LogP contribution in [0.1, 0.15) is 24.7 Å². The molecule has 0 radical (unpaired) electrons. The smallest absolute Gasteiger partial charge is 0.133 e. The molecule has 0 saturated carbocycles. The number of halogens is 1. The number of nitrogens with zero attached hydrogens (tertiary/aromatic N) is 2. The predicted octanol–water partition coefficient (Wildman–Crippen LogP) is 3.85. The van der Waals surface area contributed by atoms with Crippen molar-refractivity contribution < 1.29 is 0 Å². The molecular formula is C15H19BrN4. The maximum Gasteiger partial charge on any atom is 0.133 e. The van der Waals surface area contributed by atoms with E-state index < -0.39 is 0 Å². The number of anilines is 2. The van der Waals surface area contributed by atoms with Crippen molar-refractivity contribution in [2.24, 2.45) is 0 Å². The lowest BCUT2D eigenvalue weighted by molar-refractivity contribution is 0.835. The lowest BCUT2D eigenvalue weighted by Crippen LogP contribution is -2.06.